The van der Waals surface area contributed by atoms with Crippen LogP contribution in [0.3, 0.4) is 0 Å². The van der Waals surface area contributed by atoms with Gasteiger partial charge in [0.1, 0.15) is 0 Å². The number of nitrogens with zero attached hydrogens (tertiary/aromatic N) is 2. The van der Waals surface area contributed by atoms with Gasteiger partial charge < -0.3 is 9.80 Å². The van der Waals surface area contributed by atoms with Crippen molar-refractivity contribution in [3.05, 3.63) is 0 Å². The largest absolute Gasteiger partial charge is 0.342 e. The van der Waals surface area contributed by atoms with Crippen molar-refractivity contribution in [2.24, 2.45) is 17.3 Å². The summed E-state index contributed by atoms with van der Waals surface area (Å²) in [5.41, 5.74) is -0.430. The van der Waals surface area contributed by atoms with Crippen LogP contribution in [0.2, 0.25) is 0 Å². The fourth-order valence-electron chi connectivity index (χ4n) is 5.07. The Morgan fingerprint density at radius 3 is 2.50 bits per heavy atom. The Morgan fingerprint density at radius 1 is 1.08 bits per heavy atom. The molecule has 0 aromatic heterocycles. The molecule has 1 atom stereocenters. The highest BCUT2D eigenvalue weighted by atomic mass is 16.2. The van der Waals surface area contributed by atoms with Crippen LogP contribution in [0.4, 0.5) is 0 Å². The van der Waals surface area contributed by atoms with Crippen LogP contribution in [0.5, 0.6) is 0 Å². The van der Waals surface area contributed by atoms with E-state index in [-0.39, 0.29) is 23.5 Å². The SMILES string of the molecule is CC(C)CC(=O)C(=O)N1CC[C@]2(CCCN(CC3CCCCC3)C2=O)C1. The van der Waals surface area contributed by atoms with Crippen LogP contribution >= 0.6 is 0 Å². The highest BCUT2D eigenvalue weighted by molar-refractivity contribution is 6.36. The second kappa shape index (κ2) is 8.10. The second-order valence-electron chi connectivity index (χ2n) is 9.14. The van der Waals surface area contributed by atoms with Gasteiger partial charge in [-0.15, -0.1) is 0 Å². The summed E-state index contributed by atoms with van der Waals surface area (Å²) in [4.78, 5) is 41.6. The zero-order chi connectivity index (χ0) is 18.7. The molecule has 0 aromatic carbocycles. The van der Waals surface area contributed by atoms with E-state index in [0.29, 0.717) is 31.8 Å². The smallest absolute Gasteiger partial charge is 0.289 e. The van der Waals surface area contributed by atoms with E-state index in [2.05, 4.69) is 4.90 Å². The van der Waals surface area contributed by atoms with Crippen molar-refractivity contribution in [1.29, 1.82) is 0 Å². The summed E-state index contributed by atoms with van der Waals surface area (Å²) >= 11 is 0. The molecule has 3 fully saturated rings. The molecule has 0 unspecified atom stereocenters. The van der Waals surface area contributed by atoms with E-state index >= 15 is 0 Å². The Bertz CT molecular complexity index is 553. The monoisotopic (exact) mass is 362 g/mol. The summed E-state index contributed by atoms with van der Waals surface area (Å²) in [5.74, 6) is 0.382. The second-order valence-corrected chi connectivity index (χ2v) is 9.14. The van der Waals surface area contributed by atoms with E-state index in [0.717, 1.165) is 25.9 Å². The molecule has 2 amide bonds. The molecule has 0 aromatic rings. The first-order chi connectivity index (χ1) is 12.4. The molecule has 1 saturated carbocycles. The fraction of sp³-hybridized carbons (Fsp3) is 0.857. The lowest BCUT2D eigenvalue weighted by Crippen LogP contribution is -2.52. The summed E-state index contributed by atoms with van der Waals surface area (Å²) in [5, 5.41) is 0. The van der Waals surface area contributed by atoms with E-state index in [9.17, 15) is 14.4 Å². The van der Waals surface area contributed by atoms with Gasteiger partial charge in [-0.2, -0.15) is 0 Å². The van der Waals surface area contributed by atoms with Crippen molar-refractivity contribution in [3.63, 3.8) is 0 Å². The molecule has 26 heavy (non-hydrogen) atoms. The first kappa shape index (κ1) is 19.4. The molecule has 2 saturated heterocycles. The Balaban J connectivity index is 1.61. The van der Waals surface area contributed by atoms with E-state index in [1.165, 1.54) is 32.1 Å². The topological polar surface area (TPSA) is 57.7 Å². The standard InChI is InChI=1S/C21H34N2O3/c1-16(2)13-18(24)19(25)23-12-10-21(15-23)9-6-11-22(20(21)26)14-17-7-4-3-5-8-17/h16-17H,3-15H2,1-2H3/t21-/m1/s1. The number of carbonyl (C=O) groups excluding carboxylic acids is 3. The third-order valence-electron chi connectivity index (χ3n) is 6.50. The van der Waals surface area contributed by atoms with Crippen LogP contribution in [0.15, 0.2) is 0 Å². The predicted molar refractivity (Wildman–Crippen MR) is 100 cm³/mol. The molecule has 146 valence electrons. The third kappa shape index (κ3) is 4.12. The lowest BCUT2D eigenvalue weighted by molar-refractivity contribution is -0.149. The normalized spacial score (nSPS) is 27.6. The van der Waals surface area contributed by atoms with Crippen molar-refractivity contribution >= 4 is 17.6 Å². The lowest BCUT2D eigenvalue weighted by atomic mass is 9.77. The maximum Gasteiger partial charge on any atom is 0.289 e. The summed E-state index contributed by atoms with van der Waals surface area (Å²) < 4.78 is 0. The highest BCUT2D eigenvalue weighted by Crippen LogP contribution is 2.41. The zero-order valence-electron chi connectivity index (χ0n) is 16.5. The lowest BCUT2D eigenvalue weighted by Gasteiger charge is -2.41. The minimum Gasteiger partial charge on any atom is -0.342 e. The average Bonchev–Trinajstić information content (AvgIpc) is 3.04. The number of carbonyl (C=O) groups is 3. The molecule has 0 N–H and O–H groups in total. The quantitative estimate of drug-likeness (QED) is 0.707. The first-order valence-corrected chi connectivity index (χ1v) is 10.5. The Labute approximate surface area is 157 Å². The zero-order valence-corrected chi connectivity index (χ0v) is 16.5. The average molecular weight is 363 g/mol. The van der Waals surface area contributed by atoms with Crippen LogP contribution in [-0.4, -0.2) is 53.6 Å². The van der Waals surface area contributed by atoms with Gasteiger partial charge >= 0.3 is 0 Å². The molecule has 0 bridgehead atoms. The maximum atomic E-state index is 13.2. The number of rotatable bonds is 5. The number of likely N-dealkylation sites (tertiary alicyclic amines) is 2. The van der Waals surface area contributed by atoms with E-state index in [1.807, 2.05) is 13.8 Å². The Hall–Kier alpha value is -1.39. The number of ketones is 1. The maximum absolute atomic E-state index is 13.2. The Morgan fingerprint density at radius 2 is 1.81 bits per heavy atom. The van der Waals surface area contributed by atoms with Gasteiger partial charge in [0, 0.05) is 32.6 Å². The molecule has 1 aliphatic carbocycles. The van der Waals surface area contributed by atoms with Gasteiger partial charge in [-0.3, -0.25) is 14.4 Å². The molecule has 3 aliphatic rings. The molecule has 2 aliphatic heterocycles. The van der Waals surface area contributed by atoms with E-state index < -0.39 is 5.41 Å². The molecule has 0 radical (unpaired) electrons. The van der Waals surface area contributed by atoms with Gasteiger partial charge in [-0.05, 0) is 43.9 Å². The summed E-state index contributed by atoms with van der Waals surface area (Å²) in [6.45, 7) is 6.63. The van der Waals surface area contributed by atoms with Gasteiger partial charge in [0.2, 0.25) is 11.7 Å². The summed E-state index contributed by atoms with van der Waals surface area (Å²) in [6.07, 6.45) is 9.27. The molecule has 2 heterocycles. The van der Waals surface area contributed by atoms with E-state index in [1.54, 1.807) is 4.90 Å². The first-order valence-electron chi connectivity index (χ1n) is 10.5. The number of Topliss-reactive ketones (excluding diaryl/α,β-unsaturated/α-hetero) is 1. The third-order valence-corrected chi connectivity index (χ3v) is 6.50. The van der Waals surface area contributed by atoms with Crippen molar-refractivity contribution < 1.29 is 14.4 Å². The molecule has 1 spiro atoms. The van der Waals surface area contributed by atoms with Gasteiger partial charge in [0.25, 0.3) is 5.91 Å². The van der Waals surface area contributed by atoms with Crippen LogP contribution < -0.4 is 0 Å². The highest BCUT2D eigenvalue weighted by Gasteiger charge is 2.50. The molecular weight excluding hydrogens is 328 g/mol. The Kier molecular flexibility index (Phi) is 6.03. The van der Waals surface area contributed by atoms with Crippen molar-refractivity contribution in [2.45, 2.75) is 71.6 Å². The number of hydrogen-bond acceptors (Lipinski definition) is 3. The van der Waals surface area contributed by atoms with Gasteiger partial charge in [0.05, 0.1) is 5.41 Å². The minimum absolute atomic E-state index is 0.185. The number of amides is 2. The van der Waals surface area contributed by atoms with Crippen molar-refractivity contribution in [2.75, 3.05) is 26.2 Å². The molecular formula is C21H34N2O3. The van der Waals surface area contributed by atoms with Crippen molar-refractivity contribution in [1.82, 2.24) is 9.80 Å². The van der Waals surface area contributed by atoms with Crippen LogP contribution in [-0.2, 0) is 14.4 Å². The fourth-order valence-corrected chi connectivity index (χ4v) is 5.07. The van der Waals surface area contributed by atoms with Crippen LogP contribution in [0.25, 0.3) is 0 Å². The van der Waals surface area contributed by atoms with Crippen molar-refractivity contribution in [3.8, 4) is 0 Å². The summed E-state index contributed by atoms with van der Waals surface area (Å²) in [7, 11) is 0. The van der Waals surface area contributed by atoms with E-state index in [4.69, 9.17) is 0 Å². The molecule has 3 rings (SSSR count). The predicted octanol–water partition coefficient (Wildman–Crippen LogP) is 3.02. The number of piperidine rings is 1. The van der Waals surface area contributed by atoms with Gasteiger partial charge in [-0.25, -0.2) is 0 Å². The number of hydrogen-bond donors (Lipinski definition) is 0. The van der Waals surface area contributed by atoms with Gasteiger partial charge in [-0.1, -0.05) is 33.1 Å². The molecule has 5 heteroatoms. The molecule has 5 nitrogen and oxygen atoms in total. The minimum atomic E-state index is -0.430. The summed E-state index contributed by atoms with van der Waals surface area (Å²) in [6, 6.07) is 0. The van der Waals surface area contributed by atoms with Gasteiger partial charge in [0.15, 0.2) is 0 Å². The van der Waals surface area contributed by atoms with Crippen LogP contribution in [0, 0.1) is 17.3 Å². The van der Waals surface area contributed by atoms with Crippen LogP contribution in [0.1, 0.15) is 71.6 Å².